The van der Waals surface area contributed by atoms with Gasteiger partial charge >= 0.3 is 6.18 Å². The summed E-state index contributed by atoms with van der Waals surface area (Å²) in [7, 11) is 1.70. The molecule has 0 bridgehead atoms. The Morgan fingerprint density at radius 3 is 2.39 bits per heavy atom. The molecule has 0 aliphatic carbocycles. The number of imidazole rings is 1. The van der Waals surface area contributed by atoms with Gasteiger partial charge in [0.2, 0.25) is 0 Å². The molecule has 3 rings (SSSR count). The molecule has 0 spiro atoms. The Labute approximate surface area is 156 Å². The number of nitro benzene ring substituents is 1. The molecule has 0 radical (unpaired) electrons. The number of halogens is 4. The maximum absolute atomic E-state index is 13.3. The molecule has 1 heterocycles. The van der Waals surface area contributed by atoms with Crippen molar-refractivity contribution in [3.8, 4) is 0 Å². The van der Waals surface area contributed by atoms with E-state index in [-0.39, 0.29) is 5.69 Å². The quantitative estimate of drug-likeness (QED) is 0.387. The number of nitrogens with zero attached hydrogens (tertiary/aromatic N) is 3. The van der Waals surface area contributed by atoms with Gasteiger partial charge in [-0.3, -0.25) is 10.1 Å². The maximum Gasteiger partial charge on any atom is 0.416 e. The largest absolute Gasteiger partial charge is 0.416 e. The molecule has 1 aromatic heterocycles. The van der Waals surface area contributed by atoms with Crippen molar-refractivity contribution in [2.45, 2.75) is 12.2 Å². The highest BCUT2D eigenvalue weighted by Crippen LogP contribution is 2.37. The monoisotopic (exact) mass is 394 g/mol. The fraction of sp³-hybridized carbons (Fsp3) is 0.167. The Kier molecular flexibility index (Phi) is 5.04. The topological polar surface area (TPSA) is 73.0 Å². The van der Waals surface area contributed by atoms with Crippen LogP contribution in [-0.4, -0.2) is 14.5 Å². The molecule has 0 saturated heterocycles. The summed E-state index contributed by atoms with van der Waals surface area (Å²) in [6.45, 7) is 0. The van der Waals surface area contributed by atoms with Gasteiger partial charge in [0.05, 0.1) is 10.5 Å². The lowest BCUT2D eigenvalue weighted by Crippen LogP contribution is -2.18. The van der Waals surface area contributed by atoms with E-state index in [9.17, 15) is 27.7 Å². The summed E-state index contributed by atoms with van der Waals surface area (Å²) in [4.78, 5) is 14.7. The Hall–Kier alpha value is -3.43. The van der Waals surface area contributed by atoms with Crippen molar-refractivity contribution in [1.29, 1.82) is 0 Å². The number of alkyl halides is 3. The van der Waals surface area contributed by atoms with Gasteiger partial charge in [-0.2, -0.15) is 13.2 Å². The number of nitro groups is 1. The van der Waals surface area contributed by atoms with Crippen LogP contribution in [0.1, 0.15) is 23.0 Å². The van der Waals surface area contributed by atoms with E-state index in [0.717, 1.165) is 12.1 Å². The Balaban J connectivity index is 2.07. The van der Waals surface area contributed by atoms with Crippen LogP contribution in [0.15, 0.2) is 54.9 Å². The van der Waals surface area contributed by atoms with Gasteiger partial charge in [-0.25, -0.2) is 9.37 Å². The van der Waals surface area contributed by atoms with Gasteiger partial charge in [0.15, 0.2) is 0 Å². The van der Waals surface area contributed by atoms with E-state index in [4.69, 9.17) is 0 Å². The normalized spacial score (nSPS) is 12.6. The van der Waals surface area contributed by atoms with Crippen molar-refractivity contribution in [1.82, 2.24) is 9.55 Å². The van der Waals surface area contributed by atoms with E-state index < -0.39 is 34.2 Å². The van der Waals surface area contributed by atoms with Crippen molar-refractivity contribution < 1.29 is 22.5 Å². The third-order valence-electron chi connectivity index (χ3n) is 4.14. The van der Waals surface area contributed by atoms with E-state index >= 15 is 0 Å². The van der Waals surface area contributed by atoms with Gasteiger partial charge < -0.3 is 9.88 Å². The minimum atomic E-state index is -4.71. The number of aromatic nitrogens is 2. The van der Waals surface area contributed by atoms with E-state index in [1.54, 1.807) is 17.8 Å². The van der Waals surface area contributed by atoms with Crippen LogP contribution >= 0.6 is 0 Å². The predicted molar refractivity (Wildman–Crippen MR) is 93.2 cm³/mol. The zero-order valence-corrected chi connectivity index (χ0v) is 14.4. The highest BCUT2D eigenvalue weighted by Gasteiger charge is 2.33. The van der Waals surface area contributed by atoms with Crippen LogP contribution in [0.2, 0.25) is 0 Å². The van der Waals surface area contributed by atoms with Crippen molar-refractivity contribution in [2.24, 2.45) is 7.05 Å². The Morgan fingerprint density at radius 2 is 1.86 bits per heavy atom. The molecule has 28 heavy (non-hydrogen) atoms. The highest BCUT2D eigenvalue weighted by atomic mass is 19.4. The number of hydrogen-bond acceptors (Lipinski definition) is 4. The zero-order valence-electron chi connectivity index (χ0n) is 14.4. The summed E-state index contributed by atoms with van der Waals surface area (Å²) in [5.74, 6) is -0.0244. The third kappa shape index (κ3) is 3.95. The number of nitrogens with one attached hydrogen (secondary N) is 1. The molecular formula is C18H14F4N4O2. The molecule has 0 amide bonds. The predicted octanol–water partition coefficient (Wildman–Crippen LogP) is 4.69. The van der Waals surface area contributed by atoms with Crippen molar-refractivity contribution in [2.75, 3.05) is 5.32 Å². The average Bonchev–Trinajstić information content (AvgIpc) is 3.05. The first-order valence-electron chi connectivity index (χ1n) is 8.01. The van der Waals surface area contributed by atoms with Crippen LogP contribution in [0.5, 0.6) is 0 Å². The summed E-state index contributed by atoms with van der Waals surface area (Å²) in [5.41, 5.74) is -1.43. The maximum atomic E-state index is 13.3. The Bertz CT molecular complexity index is 1000. The molecule has 1 unspecified atom stereocenters. The van der Waals surface area contributed by atoms with Crippen LogP contribution in [0.4, 0.5) is 28.9 Å². The third-order valence-corrected chi connectivity index (χ3v) is 4.14. The summed E-state index contributed by atoms with van der Waals surface area (Å²) in [6, 6.07) is 6.85. The first-order valence-corrected chi connectivity index (χ1v) is 8.01. The molecule has 10 heteroatoms. The summed E-state index contributed by atoms with van der Waals surface area (Å²) >= 11 is 0. The lowest BCUT2D eigenvalue weighted by Gasteiger charge is -2.20. The second-order valence-electron chi connectivity index (χ2n) is 6.01. The fourth-order valence-electron chi connectivity index (χ4n) is 2.74. The Morgan fingerprint density at radius 1 is 1.18 bits per heavy atom. The van der Waals surface area contributed by atoms with Crippen LogP contribution in [0.25, 0.3) is 0 Å². The molecular weight excluding hydrogens is 380 g/mol. The number of aryl methyl sites for hydroxylation is 1. The van der Waals surface area contributed by atoms with Crippen LogP contribution < -0.4 is 5.32 Å². The number of anilines is 1. The molecule has 1 N–H and O–H groups in total. The van der Waals surface area contributed by atoms with E-state index in [2.05, 4.69) is 10.3 Å². The smallest absolute Gasteiger partial charge is 0.366 e. The van der Waals surface area contributed by atoms with Crippen molar-refractivity contribution in [3.63, 3.8) is 0 Å². The molecule has 0 fully saturated rings. The minimum absolute atomic E-state index is 0.115. The van der Waals surface area contributed by atoms with Gasteiger partial charge in [0, 0.05) is 25.5 Å². The van der Waals surface area contributed by atoms with Crippen LogP contribution in [-0.2, 0) is 13.2 Å². The van der Waals surface area contributed by atoms with E-state index in [0.29, 0.717) is 17.5 Å². The first-order chi connectivity index (χ1) is 13.2. The molecule has 3 aromatic rings. The van der Waals surface area contributed by atoms with Crippen LogP contribution in [0.3, 0.4) is 0 Å². The lowest BCUT2D eigenvalue weighted by atomic mass is 10.0. The average molecular weight is 394 g/mol. The van der Waals surface area contributed by atoms with Crippen molar-refractivity contribution in [3.05, 3.63) is 87.7 Å². The molecule has 2 aromatic carbocycles. The summed E-state index contributed by atoms with van der Waals surface area (Å²) < 4.78 is 53.7. The molecule has 1 atom stereocenters. The fourth-order valence-corrected chi connectivity index (χ4v) is 2.74. The van der Waals surface area contributed by atoms with Crippen molar-refractivity contribution >= 4 is 11.4 Å². The number of hydrogen-bond donors (Lipinski definition) is 1. The van der Waals surface area contributed by atoms with Gasteiger partial charge in [-0.1, -0.05) is 12.1 Å². The molecule has 146 valence electrons. The molecule has 0 saturated carbocycles. The minimum Gasteiger partial charge on any atom is -0.366 e. The van der Waals surface area contributed by atoms with Gasteiger partial charge in [-0.05, 0) is 29.8 Å². The summed E-state index contributed by atoms with van der Waals surface area (Å²) in [6.07, 6.45) is -1.55. The lowest BCUT2D eigenvalue weighted by molar-refractivity contribution is -0.384. The number of benzene rings is 2. The highest BCUT2D eigenvalue weighted by molar-refractivity contribution is 5.64. The second kappa shape index (κ2) is 7.29. The zero-order chi connectivity index (χ0) is 20.5. The molecule has 0 aliphatic rings. The molecule has 0 aliphatic heterocycles. The van der Waals surface area contributed by atoms with Gasteiger partial charge in [0.25, 0.3) is 5.69 Å². The summed E-state index contributed by atoms with van der Waals surface area (Å²) in [5, 5.41) is 14.2. The SMILES string of the molecule is Cn1ccnc1C(Nc1ccc(C(F)(F)F)cc1[N+](=O)[O-])c1ccc(F)cc1. The molecule has 6 nitrogen and oxygen atoms in total. The standard InChI is InChI=1S/C18H14F4N4O2/c1-25-9-8-23-17(25)16(11-2-5-13(19)6-3-11)24-14-7-4-12(18(20,21)22)10-15(14)26(27)28/h2-10,16,24H,1H3. The second-order valence-corrected chi connectivity index (χ2v) is 6.01. The van der Waals surface area contributed by atoms with Crippen LogP contribution in [0, 0.1) is 15.9 Å². The van der Waals surface area contributed by atoms with Gasteiger partial charge in [-0.15, -0.1) is 0 Å². The first kappa shape index (κ1) is 19.3. The van der Waals surface area contributed by atoms with E-state index in [1.165, 1.54) is 30.5 Å². The number of rotatable bonds is 5. The van der Waals surface area contributed by atoms with E-state index in [1.807, 2.05) is 0 Å². The van der Waals surface area contributed by atoms with Gasteiger partial charge in [0.1, 0.15) is 23.4 Å².